The number of nitro groups is 1. The summed E-state index contributed by atoms with van der Waals surface area (Å²) in [6.45, 7) is 2.55. The molecule has 0 saturated carbocycles. The van der Waals surface area contributed by atoms with Gasteiger partial charge in [0.15, 0.2) is 0 Å². The van der Waals surface area contributed by atoms with Gasteiger partial charge in [-0.05, 0) is 25.6 Å². The number of nitrogens with one attached hydrogen (secondary N) is 1. The number of rotatable bonds is 7. The van der Waals surface area contributed by atoms with E-state index >= 15 is 0 Å². The van der Waals surface area contributed by atoms with E-state index in [0.717, 1.165) is 0 Å². The number of nitro benzene ring substituents is 1. The van der Waals surface area contributed by atoms with Gasteiger partial charge in [0.1, 0.15) is 0 Å². The molecular formula is C13H18F3N3O2. The molecule has 0 aliphatic heterocycles. The van der Waals surface area contributed by atoms with Gasteiger partial charge in [-0.25, -0.2) is 0 Å². The van der Waals surface area contributed by atoms with Gasteiger partial charge in [-0.1, -0.05) is 0 Å². The van der Waals surface area contributed by atoms with Crippen LogP contribution in [0.15, 0.2) is 18.2 Å². The van der Waals surface area contributed by atoms with Crippen LogP contribution in [0.4, 0.5) is 24.5 Å². The van der Waals surface area contributed by atoms with Gasteiger partial charge in [-0.3, -0.25) is 10.1 Å². The van der Waals surface area contributed by atoms with E-state index in [9.17, 15) is 23.3 Å². The molecule has 0 heterocycles. The molecule has 5 nitrogen and oxygen atoms in total. The van der Waals surface area contributed by atoms with Gasteiger partial charge < -0.3 is 10.2 Å². The number of nitrogens with zero attached hydrogens (tertiary/aromatic N) is 2. The van der Waals surface area contributed by atoms with Crippen molar-refractivity contribution in [3.63, 3.8) is 0 Å². The molecule has 21 heavy (non-hydrogen) atoms. The van der Waals surface area contributed by atoms with E-state index in [2.05, 4.69) is 5.32 Å². The predicted octanol–water partition coefficient (Wildman–Crippen LogP) is 3.41. The third kappa shape index (κ3) is 5.99. The average Bonchev–Trinajstić information content (AvgIpc) is 2.37. The topological polar surface area (TPSA) is 58.4 Å². The molecule has 0 aromatic heterocycles. The number of halogens is 3. The second-order valence-corrected chi connectivity index (χ2v) is 4.73. The highest BCUT2D eigenvalue weighted by atomic mass is 19.4. The fourth-order valence-electron chi connectivity index (χ4n) is 1.87. The SMILES string of the molecule is CCNc1ccc([N+](=O)[O-])cc1CN(C)CCC(F)(F)F. The molecule has 1 aromatic carbocycles. The summed E-state index contributed by atoms with van der Waals surface area (Å²) >= 11 is 0. The minimum absolute atomic E-state index is 0.0733. The lowest BCUT2D eigenvalue weighted by molar-refractivity contribution is -0.384. The minimum atomic E-state index is -4.21. The Morgan fingerprint density at radius 3 is 2.57 bits per heavy atom. The summed E-state index contributed by atoms with van der Waals surface area (Å²) in [5, 5.41) is 13.8. The zero-order chi connectivity index (χ0) is 16.0. The summed E-state index contributed by atoms with van der Waals surface area (Å²) in [4.78, 5) is 11.8. The van der Waals surface area contributed by atoms with Crippen LogP contribution in [-0.4, -0.2) is 36.1 Å². The molecule has 0 saturated heterocycles. The van der Waals surface area contributed by atoms with Crippen molar-refractivity contribution in [3.8, 4) is 0 Å². The summed E-state index contributed by atoms with van der Waals surface area (Å²) in [6, 6.07) is 4.34. The normalized spacial score (nSPS) is 11.7. The Morgan fingerprint density at radius 1 is 1.38 bits per heavy atom. The van der Waals surface area contributed by atoms with Crippen LogP contribution in [0.1, 0.15) is 18.9 Å². The molecule has 1 N–H and O–H groups in total. The van der Waals surface area contributed by atoms with Crippen molar-refractivity contribution in [2.75, 3.05) is 25.5 Å². The molecule has 1 aromatic rings. The summed E-state index contributed by atoms with van der Waals surface area (Å²) in [5.41, 5.74) is 1.23. The number of alkyl halides is 3. The van der Waals surface area contributed by atoms with Crippen molar-refractivity contribution < 1.29 is 18.1 Å². The second kappa shape index (κ2) is 7.26. The lowest BCUT2D eigenvalue weighted by Gasteiger charge is -2.19. The Balaban J connectivity index is 2.83. The van der Waals surface area contributed by atoms with Gasteiger partial charge in [-0.2, -0.15) is 13.2 Å². The molecule has 8 heteroatoms. The fraction of sp³-hybridized carbons (Fsp3) is 0.538. The summed E-state index contributed by atoms with van der Waals surface area (Å²) in [6.07, 6.45) is -5.11. The maximum Gasteiger partial charge on any atom is 0.390 e. The lowest BCUT2D eigenvalue weighted by Crippen LogP contribution is -2.24. The molecule has 0 aliphatic carbocycles. The third-order valence-corrected chi connectivity index (χ3v) is 2.88. The second-order valence-electron chi connectivity index (χ2n) is 4.73. The van der Waals surface area contributed by atoms with Crippen LogP contribution in [0.3, 0.4) is 0 Å². The van der Waals surface area contributed by atoms with Crippen LogP contribution in [0, 0.1) is 10.1 Å². The molecule has 0 aliphatic rings. The molecule has 0 radical (unpaired) electrons. The molecule has 0 unspecified atom stereocenters. The first kappa shape index (κ1) is 17.2. The van der Waals surface area contributed by atoms with E-state index in [4.69, 9.17) is 0 Å². The van der Waals surface area contributed by atoms with Gasteiger partial charge in [0.2, 0.25) is 0 Å². The maximum atomic E-state index is 12.2. The van der Waals surface area contributed by atoms with Gasteiger partial charge >= 0.3 is 6.18 Å². The number of benzene rings is 1. The van der Waals surface area contributed by atoms with Gasteiger partial charge in [0.25, 0.3) is 5.69 Å². The largest absolute Gasteiger partial charge is 0.390 e. The van der Waals surface area contributed by atoms with E-state index in [-0.39, 0.29) is 18.8 Å². The first-order valence-electron chi connectivity index (χ1n) is 6.49. The van der Waals surface area contributed by atoms with Crippen molar-refractivity contribution in [3.05, 3.63) is 33.9 Å². The van der Waals surface area contributed by atoms with Gasteiger partial charge in [0.05, 0.1) is 11.3 Å². The number of hydrogen-bond acceptors (Lipinski definition) is 4. The number of anilines is 1. The molecule has 118 valence electrons. The summed E-state index contributed by atoms with van der Waals surface area (Å²) < 4.78 is 36.6. The van der Waals surface area contributed by atoms with Crippen LogP contribution >= 0.6 is 0 Å². The van der Waals surface area contributed by atoms with Crippen molar-refractivity contribution in [2.45, 2.75) is 26.1 Å². The lowest BCUT2D eigenvalue weighted by atomic mass is 10.1. The smallest absolute Gasteiger partial charge is 0.385 e. The van der Waals surface area contributed by atoms with E-state index < -0.39 is 17.5 Å². The van der Waals surface area contributed by atoms with Crippen LogP contribution in [0.5, 0.6) is 0 Å². The van der Waals surface area contributed by atoms with Gasteiger partial charge in [-0.15, -0.1) is 0 Å². The Hall–Kier alpha value is -1.83. The highest BCUT2D eigenvalue weighted by Crippen LogP contribution is 2.24. The summed E-state index contributed by atoms with van der Waals surface area (Å²) in [5.74, 6) is 0. The third-order valence-electron chi connectivity index (χ3n) is 2.88. The molecule has 0 atom stereocenters. The zero-order valence-corrected chi connectivity index (χ0v) is 11.9. The Bertz CT molecular complexity index is 492. The monoisotopic (exact) mass is 305 g/mol. The Labute approximate surface area is 120 Å². The Kier molecular flexibility index (Phi) is 5.95. The van der Waals surface area contributed by atoms with E-state index in [1.54, 1.807) is 13.1 Å². The van der Waals surface area contributed by atoms with Gasteiger partial charge in [0, 0.05) is 37.5 Å². The highest BCUT2D eigenvalue weighted by molar-refractivity contribution is 5.56. The van der Waals surface area contributed by atoms with E-state index in [1.165, 1.54) is 17.0 Å². The predicted molar refractivity (Wildman–Crippen MR) is 74.3 cm³/mol. The van der Waals surface area contributed by atoms with Crippen molar-refractivity contribution >= 4 is 11.4 Å². The molecule has 0 bridgehead atoms. The zero-order valence-electron chi connectivity index (χ0n) is 11.9. The Morgan fingerprint density at radius 2 is 2.05 bits per heavy atom. The highest BCUT2D eigenvalue weighted by Gasteiger charge is 2.27. The van der Waals surface area contributed by atoms with Crippen LogP contribution in [0.2, 0.25) is 0 Å². The van der Waals surface area contributed by atoms with Crippen LogP contribution < -0.4 is 5.32 Å². The first-order chi connectivity index (χ1) is 9.73. The quantitative estimate of drug-likeness (QED) is 0.619. The molecule has 0 amide bonds. The fourth-order valence-corrected chi connectivity index (χ4v) is 1.87. The average molecular weight is 305 g/mol. The van der Waals surface area contributed by atoms with Crippen molar-refractivity contribution in [1.82, 2.24) is 4.90 Å². The number of hydrogen-bond donors (Lipinski definition) is 1. The molecule has 0 fully saturated rings. The summed E-state index contributed by atoms with van der Waals surface area (Å²) in [7, 11) is 1.56. The standard InChI is InChI=1S/C13H18F3N3O2/c1-3-17-12-5-4-11(19(20)21)8-10(12)9-18(2)7-6-13(14,15)16/h4-5,8,17H,3,6-7,9H2,1-2H3. The van der Waals surface area contributed by atoms with Crippen LogP contribution in [-0.2, 0) is 6.54 Å². The maximum absolute atomic E-state index is 12.2. The van der Waals surface area contributed by atoms with Crippen molar-refractivity contribution in [1.29, 1.82) is 0 Å². The first-order valence-corrected chi connectivity index (χ1v) is 6.49. The number of non-ortho nitro benzene ring substituents is 1. The molecule has 1 rings (SSSR count). The van der Waals surface area contributed by atoms with Crippen molar-refractivity contribution in [2.24, 2.45) is 0 Å². The van der Waals surface area contributed by atoms with E-state index in [1.807, 2.05) is 6.92 Å². The molecule has 0 spiro atoms. The van der Waals surface area contributed by atoms with E-state index in [0.29, 0.717) is 17.8 Å². The molecular weight excluding hydrogens is 287 g/mol. The minimum Gasteiger partial charge on any atom is -0.385 e. The van der Waals surface area contributed by atoms with Crippen LogP contribution in [0.25, 0.3) is 0 Å².